The highest BCUT2D eigenvalue weighted by Gasteiger charge is 2.27. The SMILES string of the molecule is CC1(C)NCCc2cc(CF)c(F)cc21. The van der Waals surface area contributed by atoms with E-state index in [2.05, 4.69) is 5.32 Å². The van der Waals surface area contributed by atoms with Gasteiger partial charge in [0.25, 0.3) is 0 Å². The summed E-state index contributed by atoms with van der Waals surface area (Å²) in [7, 11) is 0. The third kappa shape index (κ3) is 1.76. The van der Waals surface area contributed by atoms with E-state index in [0.717, 1.165) is 24.1 Å². The van der Waals surface area contributed by atoms with E-state index in [4.69, 9.17) is 0 Å². The summed E-state index contributed by atoms with van der Waals surface area (Å²) in [5.41, 5.74) is 1.96. The number of nitrogens with one attached hydrogen (secondary N) is 1. The maximum absolute atomic E-state index is 13.5. The largest absolute Gasteiger partial charge is 0.307 e. The molecular formula is C12H15F2N. The van der Waals surface area contributed by atoms with Crippen LogP contribution in [0.2, 0.25) is 0 Å². The van der Waals surface area contributed by atoms with Crippen LogP contribution in [0.15, 0.2) is 12.1 Å². The summed E-state index contributed by atoms with van der Waals surface area (Å²) in [6.07, 6.45) is 0.839. The topological polar surface area (TPSA) is 12.0 Å². The van der Waals surface area contributed by atoms with E-state index in [1.165, 1.54) is 6.07 Å². The summed E-state index contributed by atoms with van der Waals surface area (Å²) in [5, 5.41) is 3.32. The standard InChI is InChI=1S/C12H15F2N/c1-12(2)10-6-11(14)9(7-13)5-8(10)3-4-15-12/h5-6,15H,3-4,7H2,1-2H3. The van der Waals surface area contributed by atoms with Crippen LogP contribution in [0.1, 0.15) is 30.5 Å². The lowest BCUT2D eigenvalue weighted by Gasteiger charge is -2.34. The Hall–Kier alpha value is -0.960. The minimum absolute atomic E-state index is 0.173. The van der Waals surface area contributed by atoms with Gasteiger partial charge in [-0.3, -0.25) is 0 Å². The van der Waals surface area contributed by atoms with Crippen LogP contribution in [0.25, 0.3) is 0 Å². The van der Waals surface area contributed by atoms with Crippen molar-refractivity contribution in [1.82, 2.24) is 5.32 Å². The van der Waals surface area contributed by atoms with Crippen molar-refractivity contribution in [2.24, 2.45) is 0 Å². The first kappa shape index (κ1) is 10.6. The monoisotopic (exact) mass is 211 g/mol. The molecule has 2 rings (SSSR count). The fraction of sp³-hybridized carbons (Fsp3) is 0.500. The summed E-state index contributed by atoms with van der Waals surface area (Å²) < 4.78 is 25.9. The first-order chi connectivity index (χ1) is 7.04. The average Bonchev–Trinajstić information content (AvgIpc) is 2.18. The Bertz CT molecular complexity index is 385. The third-order valence-corrected chi connectivity index (χ3v) is 3.05. The molecule has 0 saturated heterocycles. The molecule has 15 heavy (non-hydrogen) atoms. The lowest BCUT2D eigenvalue weighted by molar-refractivity contribution is 0.377. The Labute approximate surface area is 88.5 Å². The van der Waals surface area contributed by atoms with E-state index >= 15 is 0 Å². The normalized spacial score (nSPS) is 18.7. The van der Waals surface area contributed by atoms with Crippen LogP contribution in [0.3, 0.4) is 0 Å². The molecule has 3 heteroatoms. The van der Waals surface area contributed by atoms with E-state index in [1.807, 2.05) is 13.8 Å². The lowest BCUT2D eigenvalue weighted by atomic mass is 9.84. The summed E-state index contributed by atoms with van der Waals surface area (Å²) in [5.74, 6) is -0.437. The zero-order valence-electron chi connectivity index (χ0n) is 9.03. The van der Waals surface area contributed by atoms with Crippen LogP contribution in [0.5, 0.6) is 0 Å². The van der Waals surface area contributed by atoms with Crippen molar-refractivity contribution in [2.45, 2.75) is 32.5 Å². The van der Waals surface area contributed by atoms with Gasteiger partial charge in [-0.2, -0.15) is 0 Å². The van der Waals surface area contributed by atoms with E-state index in [-0.39, 0.29) is 11.1 Å². The molecule has 1 aromatic rings. The Morgan fingerprint density at radius 2 is 2.13 bits per heavy atom. The van der Waals surface area contributed by atoms with Gasteiger partial charge in [-0.1, -0.05) is 0 Å². The van der Waals surface area contributed by atoms with Gasteiger partial charge in [-0.05, 0) is 50.1 Å². The molecule has 1 heterocycles. The van der Waals surface area contributed by atoms with Crippen molar-refractivity contribution >= 4 is 0 Å². The fourth-order valence-corrected chi connectivity index (χ4v) is 2.17. The van der Waals surface area contributed by atoms with E-state index in [9.17, 15) is 8.78 Å². The third-order valence-electron chi connectivity index (χ3n) is 3.05. The summed E-state index contributed by atoms with van der Waals surface area (Å²) in [6.45, 7) is 4.16. The maximum atomic E-state index is 13.5. The van der Waals surface area contributed by atoms with E-state index < -0.39 is 12.5 Å². The molecule has 1 aromatic carbocycles. The second-order valence-electron chi connectivity index (χ2n) is 4.54. The van der Waals surface area contributed by atoms with E-state index in [1.54, 1.807) is 6.07 Å². The molecule has 0 fully saturated rings. The van der Waals surface area contributed by atoms with Crippen molar-refractivity contribution in [3.63, 3.8) is 0 Å². The molecule has 1 aliphatic heterocycles. The molecule has 0 radical (unpaired) electrons. The van der Waals surface area contributed by atoms with Gasteiger partial charge in [0.2, 0.25) is 0 Å². The fourth-order valence-electron chi connectivity index (χ4n) is 2.17. The van der Waals surface area contributed by atoms with Gasteiger partial charge in [-0.15, -0.1) is 0 Å². The first-order valence-corrected chi connectivity index (χ1v) is 5.17. The molecule has 1 aliphatic rings. The molecule has 82 valence electrons. The smallest absolute Gasteiger partial charge is 0.129 e. The second kappa shape index (κ2) is 3.56. The minimum atomic E-state index is -0.729. The molecule has 1 nitrogen and oxygen atoms in total. The Kier molecular flexibility index (Phi) is 2.51. The molecular weight excluding hydrogens is 196 g/mol. The summed E-state index contributed by atoms with van der Waals surface area (Å²) >= 11 is 0. The average molecular weight is 211 g/mol. The number of hydrogen-bond acceptors (Lipinski definition) is 1. The highest BCUT2D eigenvalue weighted by atomic mass is 19.1. The number of halogens is 2. The van der Waals surface area contributed by atoms with Crippen LogP contribution in [-0.2, 0) is 18.6 Å². The molecule has 0 aliphatic carbocycles. The van der Waals surface area contributed by atoms with Gasteiger partial charge in [0.05, 0.1) is 0 Å². The highest BCUT2D eigenvalue weighted by molar-refractivity contribution is 5.39. The number of rotatable bonds is 1. The van der Waals surface area contributed by atoms with Gasteiger partial charge in [0, 0.05) is 11.1 Å². The predicted molar refractivity (Wildman–Crippen MR) is 55.9 cm³/mol. The number of benzene rings is 1. The Balaban J connectivity index is 2.55. The first-order valence-electron chi connectivity index (χ1n) is 5.17. The van der Waals surface area contributed by atoms with Crippen molar-refractivity contribution in [3.05, 3.63) is 34.6 Å². The molecule has 0 bridgehead atoms. The van der Waals surface area contributed by atoms with Crippen LogP contribution in [0.4, 0.5) is 8.78 Å². The van der Waals surface area contributed by atoms with Crippen molar-refractivity contribution in [2.75, 3.05) is 6.54 Å². The maximum Gasteiger partial charge on any atom is 0.129 e. The minimum Gasteiger partial charge on any atom is -0.307 e. The Morgan fingerprint density at radius 1 is 1.40 bits per heavy atom. The zero-order chi connectivity index (χ0) is 11.1. The van der Waals surface area contributed by atoms with Crippen molar-refractivity contribution in [1.29, 1.82) is 0 Å². The molecule has 0 amide bonds. The number of fused-ring (bicyclic) bond motifs is 1. The van der Waals surface area contributed by atoms with Gasteiger partial charge in [-0.25, -0.2) is 8.78 Å². The Morgan fingerprint density at radius 3 is 2.80 bits per heavy atom. The van der Waals surface area contributed by atoms with Crippen LogP contribution in [-0.4, -0.2) is 6.54 Å². The summed E-state index contributed by atoms with van der Waals surface area (Å²) in [4.78, 5) is 0. The number of hydrogen-bond donors (Lipinski definition) is 1. The zero-order valence-corrected chi connectivity index (χ0v) is 9.03. The second-order valence-corrected chi connectivity index (χ2v) is 4.54. The van der Waals surface area contributed by atoms with Crippen LogP contribution < -0.4 is 5.32 Å². The van der Waals surface area contributed by atoms with Crippen LogP contribution >= 0.6 is 0 Å². The highest BCUT2D eigenvalue weighted by Crippen LogP contribution is 2.30. The summed E-state index contributed by atoms with van der Waals surface area (Å²) in [6, 6.07) is 3.13. The predicted octanol–water partition coefficient (Wildman–Crippen LogP) is 2.68. The number of alkyl halides is 1. The molecule has 0 atom stereocenters. The molecule has 1 N–H and O–H groups in total. The van der Waals surface area contributed by atoms with Gasteiger partial charge < -0.3 is 5.32 Å². The van der Waals surface area contributed by atoms with E-state index in [0.29, 0.717) is 0 Å². The molecule has 0 spiro atoms. The quantitative estimate of drug-likeness (QED) is 0.753. The van der Waals surface area contributed by atoms with Gasteiger partial charge >= 0.3 is 0 Å². The van der Waals surface area contributed by atoms with Crippen LogP contribution in [0, 0.1) is 5.82 Å². The molecule has 0 unspecified atom stereocenters. The lowest BCUT2D eigenvalue weighted by Crippen LogP contribution is -2.42. The van der Waals surface area contributed by atoms with Gasteiger partial charge in [0.15, 0.2) is 0 Å². The van der Waals surface area contributed by atoms with Gasteiger partial charge in [0.1, 0.15) is 12.5 Å². The van der Waals surface area contributed by atoms with Crippen molar-refractivity contribution in [3.8, 4) is 0 Å². The van der Waals surface area contributed by atoms with Crippen molar-refractivity contribution < 1.29 is 8.78 Å². The molecule has 0 aromatic heterocycles. The molecule has 0 saturated carbocycles.